The first kappa shape index (κ1) is 33.6. The van der Waals surface area contributed by atoms with E-state index in [9.17, 15) is 0 Å². The van der Waals surface area contributed by atoms with E-state index in [1.807, 2.05) is 29.7 Å². The highest BCUT2D eigenvalue weighted by molar-refractivity contribution is 7.20. The average molecular weight is 694 g/mol. The Morgan fingerprint density at radius 3 is 2.22 bits per heavy atom. The summed E-state index contributed by atoms with van der Waals surface area (Å²) < 4.78 is 14.7. The number of fused-ring (bicyclic) bond motifs is 6. The largest absolute Gasteiger partial charge is 0.457 e. The Hall–Kier alpha value is -4.55. The molecule has 3 aromatic carbocycles. The van der Waals surface area contributed by atoms with Crippen molar-refractivity contribution in [3.63, 3.8) is 0 Å². The Labute approximate surface area is 305 Å². The van der Waals surface area contributed by atoms with Gasteiger partial charge >= 0.3 is 0 Å². The second-order valence-corrected chi connectivity index (χ2v) is 18.7. The molecule has 8 rings (SSSR count). The van der Waals surface area contributed by atoms with E-state index < -0.39 is 0 Å². The van der Waals surface area contributed by atoms with Crippen LogP contribution in [0.4, 0.5) is 0 Å². The summed E-state index contributed by atoms with van der Waals surface area (Å²) in [5.74, 6) is 1.49. The lowest BCUT2D eigenvalue weighted by Gasteiger charge is -2.39. The van der Waals surface area contributed by atoms with Gasteiger partial charge in [0.15, 0.2) is 0 Å². The molecule has 0 saturated carbocycles. The first-order chi connectivity index (χ1) is 24.0. The van der Waals surface area contributed by atoms with Gasteiger partial charge in [-0.2, -0.15) is 0 Å². The molecule has 4 aromatic heterocycles. The number of hydrogen-bond acceptors (Lipinski definition) is 6. The molecule has 0 radical (unpaired) electrons. The standard InChI is InChI=1S/C45H47N3O2S/c1-42(2,3)27-15-18-46-34(22-27)26-19-28(43(4,5)6)21-29(20-26)49-30-23-32-31-13-11-12-14-35(31)50-39(32)33(24-30)37-40-38(48-25-47-37)36-41(51-40)45(9,10)17-16-44(36,7)8/h11-15,18-25H,16-17H2,1-10H3. The number of aromatic nitrogens is 3. The number of ether oxygens (including phenoxy) is 1. The number of thiophene rings is 1. The molecule has 0 spiro atoms. The molecule has 0 N–H and O–H groups in total. The second kappa shape index (κ2) is 11.5. The van der Waals surface area contributed by atoms with Crippen molar-refractivity contribution in [2.45, 2.75) is 104 Å². The maximum atomic E-state index is 6.91. The number of para-hydroxylation sites is 1. The highest BCUT2D eigenvalue weighted by atomic mass is 32.1. The van der Waals surface area contributed by atoms with Crippen molar-refractivity contribution in [3.8, 4) is 34.0 Å². The molecule has 0 amide bonds. The zero-order chi connectivity index (χ0) is 36.1. The molecule has 5 nitrogen and oxygen atoms in total. The number of furan rings is 1. The summed E-state index contributed by atoms with van der Waals surface area (Å²) in [6.07, 6.45) is 5.91. The van der Waals surface area contributed by atoms with Crippen molar-refractivity contribution in [1.82, 2.24) is 15.0 Å². The zero-order valence-electron chi connectivity index (χ0n) is 31.5. The summed E-state index contributed by atoms with van der Waals surface area (Å²) in [4.78, 5) is 16.2. The number of pyridine rings is 1. The average Bonchev–Trinajstić information content (AvgIpc) is 3.67. The van der Waals surface area contributed by atoms with E-state index in [-0.39, 0.29) is 21.7 Å². The minimum Gasteiger partial charge on any atom is -0.457 e. The van der Waals surface area contributed by atoms with Gasteiger partial charge in [0.25, 0.3) is 0 Å². The van der Waals surface area contributed by atoms with Gasteiger partial charge in [0.1, 0.15) is 29.0 Å². The number of nitrogens with zero attached hydrogens (tertiary/aromatic N) is 3. The summed E-state index contributed by atoms with van der Waals surface area (Å²) in [5, 5.41) is 2.04. The third kappa shape index (κ3) is 5.82. The molecule has 0 aliphatic heterocycles. The Kier molecular flexibility index (Phi) is 7.56. The van der Waals surface area contributed by atoms with Crippen molar-refractivity contribution in [2.75, 3.05) is 0 Å². The van der Waals surface area contributed by atoms with Gasteiger partial charge in [0.2, 0.25) is 0 Å². The van der Waals surface area contributed by atoms with Crippen LogP contribution in [-0.4, -0.2) is 15.0 Å². The van der Waals surface area contributed by atoms with E-state index in [2.05, 4.69) is 124 Å². The van der Waals surface area contributed by atoms with Crippen LogP contribution in [0.1, 0.15) is 104 Å². The predicted molar refractivity (Wildman–Crippen MR) is 213 cm³/mol. The fourth-order valence-corrected chi connectivity index (χ4v) is 9.10. The van der Waals surface area contributed by atoms with Gasteiger partial charge in [-0.05, 0) is 99.7 Å². The quantitative estimate of drug-likeness (QED) is 0.184. The van der Waals surface area contributed by atoms with Crippen LogP contribution in [0.25, 0.3) is 54.7 Å². The maximum Gasteiger partial charge on any atom is 0.145 e. The van der Waals surface area contributed by atoms with Crippen LogP contribution >= 0.6 is 11.3 Å². The van der Waals surface area contributed by atoms with Crippen LogP contribution in [0.2, 0.25) is 0 Å². The molecule has 0 atom stereocenters. The fraction of sp³-hybridized carbons (Fsp3) is 0.356. The zero-order valence-corrected chi connectivity index (χ0v) is 32.3. The molecule has 0 saturated heterocycles. The Morgan fingerprint density at radius 1 is 0.725 bits per heavy atom. The van der Waals surface area contributed by atoms with E-state index in [0.29, 0.717) is 0 Å². The predicted octanol–water partition coefficient (Wildman–Crippen LogP) is 13.1. The molecule has 1 aliphatic rings. The normalized spacial score (nSPS) is 15.8. The van der Waals surface area contributed by atoms with Crippen LogP contribution in [-0.2, 0) is 21.7 Å². The second-order valence-electron chi connectivity index (χ2n) is 17.7. The van der Waals surface area contributed by atoms with Crippen LogP contribution < -0.4 is 4.74 Å². The smallest absolute Gasteiger partial charge is 0.145 e. The molecule has 260 valence electrons. The van der Waals surface area contributed by atoms with Crippen molar-refractivity contribution in [1.29, 1.82) is 0 Å². The molecule has 6 heteroatoms. The van der Waals surface area contributed by atoms with Gasteiger partial charge in [-0.3, -0.25) is 4.98 Å². The molecular formula is C45H47N3O2S. The third-order valence-electron chi connectivity index (χ3n) is 10.8. The highest BCUT2D eigenvalue weighted by Gasteiger charge is 2.41. The van der Waals surface area contributed by atoms with Crippen molar-refractivity contribution in [3.05, 3.63) is 101 Å². The lowest BCUT2D eigenvalue weighted by Crippen LogP contribution is -2.32. The molecular weight excluding hydrogens is 647 g/mol. The Bertz CT molecular complexity index is 2490. The van der Waals surface area contributed by atoms with E-state index in [0.717, 1.165) is 79.0 Å². The fourth-order valence-electron chi connectivity index (χ4n) is 7.53. The van der Waals surface area contributed by atoms with Gasteiger partial charge in [-0.1, -0.05) is 87.4 Å². The van der Waals surface area contributed by atoms with Crippen LogP contribution in [0.15, 0.2) is 83.7 Å². The number of hydrogen-bond donors (Lipinski definition) is 0. The maximum absolute atomic E-state index is 6.91. The van der Waals surface area contributed by atoms with Gasteiger partial charge in [-0.15, -0.1) is 11.3 Å². The number of benzene rings is 3. The summed E-state index contributed by atoms with van der Waals surface area (Å²) in [5.41, 5.74) is 10.3. The lowest BCUT2D eigenvalue weighted by molar-refractivity contribution is 0.341. The summed E-state index contributed by atoms with van der Waals surface area (Å²) in [6, 6.07) is 23.3. The Balaban J connectivity index is 1.33. The van der Waals surface area contributed by atoms with E-state index >= 15 is 0 Å². The minimum absolute atomic E-state index is 0.0115. The Morgan fingerprint density at radius 2 is 1.45 bits per heavy atom. The lowest BCUT2D eigenvalue weighted by atomic mass is 9.66. The number of rotatable bonds is 4. The first-order valence-corrected chi connectivity index (χ1v) is 18.9. The monoisotopic (exact) mass is 693 g/mol. The van der Waals surface area contributed by atoms with Crippen molar-refractivity contribution < 1.29 is 9.15 Å². The van der Waals surface area contributed by atoms with Gasteiger partial charge in [0.05, 0.1) is 21.6 Å². The van der Waals surface area contributed by atoms with Gasteiger partial charge in [-0.25, -0.2) is 9.97 Å². The third-order valence-corrected chi connectivity index (χ3v) is 12.3. The van der Waals surface area contributed by atoms with E-state index in [1.54, 1.807) is 6.33 Å². The molecule has 7 aromatic rings. The van der Waals surface area contributed by atoms with Crippen LogP contribution in [0.5, 0.6) is 11.5 Å². The SMILES string of the molecule is CC(C)(C)c1cc(Oc2cc(-c3ncnc4c5c(sc34)C(C)(C)CCC5(C)C)c3oc4ccccc4c3c2)cc(-c2cc(C(C)(C)C)ccn2)c1. The molecule has 1 aliphatic carbocycles. The van der Waals surface area contributed by atoms with Crippen LogP contribution in [0, 0.1) is 0 Å². The van der Waals surface area contributed by atoms with Gasteiger partial charge in [0, 0.05) is 33.0 Å². The molecule has 0 bridgehead atoms. The molecule has 4 heterocycles. The summed E-state index contributed by atoms with van der Waals surface area (Å²) >= 11 is 1.85. The molecule has 0 fully saturated rings. The van der Waals surface area contributed by atoms with Crippen molar-refractivity contribution in [2.24, 2.45) is 0 Å². The minimum atomic E-state index is -0.0992. The molecule has 0 unspecified atom stereocenters. The van der Waals surface area contributed by atoms with E-state index in [4.69, 9.17) is 24.1 Å². The van der Waals surface area contributed by atoms with Crippen molar-refractivity contribution >= 4 is 43.5 Å². The summed E-state index contributed by atoms with van der Waals surface area (Å²) in [6.45, 7) is 22.9. The molecule has 51 heavy (non-hydrogen) atoms. The first-order valence-electron chi connectivity index (χ1n) is 18.0. The topological polar surface area (TPSA) is 61.0 Å². The summed E-state index contributed by atoms with van der Waals surface area (Å²) in [7, 11) is 0. The highest BCUT2D eigenvalue weighted by Crippen LogP contribution is 2.54. The van der Waals surface area contributed by atoms with E-state index in [1.165, 1.54) is 21.6 Å². The van der Waals surface area contributed by atoms with Crippen LogP contribution in [0.3, 0.4) is 0 Å². The van der Waals surface area contributed by atoms with Gasteiger partial charge < -0.3 is 9.15 Å².